The van der Waals surface area contributed by atoms with E-state index in [0.717, 1.165) is 0 Å². The van der Waals surface area contributed by atoms with Crippen LogP contribution in [0.3, 0.4) is 0 Å². The minimum atomic E-state index is 0.153. The predicted molar refractivity (Wildman–Crippen MR) is 61.3 cm³/mol. The van der Waals surface area contributed by atoms with Gasteiger partial charge in [-0.15, -0.1) is 0 Å². The Kier molecular flexibility index (Phi) is 2.44. The zero-order valence-electron chi connectivity index (χ0n) is 9.14. The van der Waals surface area contributed by atoms with Crippen LogP contribution in [0.2, 0.25) is 0 Å². The molecule has 0 unspecified atom stereocenters. The fourth-order valence-electron chi connectivity index (χ4n) is 1.51. The average molecular weight is 219 g/mol. The van der Waals surface area contributed by atoms with Crippen LogP contribution < -0.4 is 10.5 Å². The SMILES string of the molecule is COc1ccc(O)c(-c2cnn(C)c2N)c1. The highest BCUT2D eigenvalue weighted by Gasteiger charge is 2.12. The Morgan fingerprint density at radius 1 is 1.38 bits per heavy atom. The summed E-state index contributed by atoms with van der Waals surface area (Å²) in [5, 5.41) is 13.8. The third-order valence-electron chi connectivity index (χ3n) is 2.48. The third kappa shape index (κ3) is 1.56. The van der Waals surface area contributed by atoms with Crippen LogP contribution >= 0.6 is 0 Å². The number of benzene rings is 1. The van der Waals surface area contributed by atoms with E-state index >= 15 is 0 Å². The standard InChI is InChI=1S/C11H13N3O2/c1-14-11(12)9(6-13-14)8-5-7(16-2)3-4-10(8)15/h3-6,15H,12H2,1-2H3. The van der Waals surface area contributed by atoms with Gasteiger partial charge < -0.3 is 15.6 Å². The zero-order chi connectivity index (χ0) is 11.7. The van der Waals surface area contributed by atoms with Crippen LogP contribution in [-0.4, -0.2) is 22.0 Å². The van der Waals surface area contributed by atoms with Crippen LogP contribution in [0.15, 0.2) is 24.4 Å². The largest absolute Gasteiger partial charge is 0.507 e. The fraction of sp³-hybridized carbons (Fsp3) is 0.182. The predicted octanol–water partition coefficient (Wildman–Crippen LogP) is 1.38. The molecule has 0 aliphatic heterocycles. The number of aromatic hydroxyl groups is 1. The summed E-state index contributed by atoms with van der Waals surface area (Å²) in [7, 11) is 3.32. The minimum absolute atomic E-state index is 0.153. The molecule has 0 spiro atoms. The summed E-state index contributed by atoms with van der Waals surface area (Å²) in [5.41, 5.74) is 7.15. The first-order chi connectivity index (χ1) is 7.63. The van der Waals surface area contributed by atoms with Gasteiger partial charge in [0.2, 0.25) is 0 Å². The Morgan fingerprint density at radius 3 is 2.69 bits per heavy atom. The number of rotatable bonds is 2. The maximum absolute atomic E-state index is 9.77. The van der Waals surface area contributed by atoms with E-state index in [0.29, 0.717) is 22.7 Å². The van der Waals surface area contributed by atoms with Gasteiger partial charge in [-0.05, 0) is 18.2 Å². The molecule has 84 valence electrons. The molecular formula is C11H13N3O2. The van der Waals surface area contributed by atoms with Gasteiger partial charge in [-0.1, -0.05) is 0 Å². The van der Waals surface area contributed by atoms with Crippen molar-refractivity contribution in [1.29, 1.82) is 0 Å². The second kappa shape index (κ2) is 3.77. The summed E-state index contributed by atoms with van der Waals surface area (Å²) < 4.78 is 6.65. The smallest absolute Gasteiger partial charge is 0.129 e. The quantitative estimate of drug-likeness (QED) is 0.800. The third-order valence-corrected chi connectivity index (χ3v) is 2.48. The van der Waals surface area contributed by atoms with Crippen LogP contribution in [0, 0.1) is 0 Å². The molecule has 0 saturated carbocycles. The fourth-order valence-corrected chi connectivity index (χ4v) is 1.51. The molecule has 2 aromatic rings. The molecule has 0 saturated heterocycles. The van der Waals surface area contributed by atoms with Crippen molar-refractivity contribution >= 4 is 5.82 Å². The van der Waals surface area contributed by atoms with Gasteiger partial charge in [0.25, 0.3) is 0 Å². The highest BCUT2D eigenvalue weighted by atomic mass is 16.5. The van der Waals surface area contributed by atoms with E-state index < -0.39 is 0 Å². The number of hydrogen-bond donors (Lipinski definition) is 2. The van der Waals surface area contributed by atoms with Crippen LogP contribution in [0.4, 0.5) is 5.82 Å². The molecule has 0 bridgehead atoms. The van der Waals surface area contributed by atoms with Crippen molar-refractivity contribution in [2.45, 2.75) is 0 Å². The average Bonchev–Trinajstić information content (AvgIpc) is 2.61. The summed E-state index contributed by atoms with van der Waals surface area (Å²) in [6.45, 7) is 0. The van der Waals surface area contributed by atoms with Crippen molar-refractivity contribution in [3.8, 4) is 22.6 Å². The van der Waals surface area contributed by atoms with E-state index in [-0.39, 0.29) is 5.75 Å². The number of nitrogens with zero attached hydrogens (tertiary/aromatic N) is 2. The summed E-state index contributed by atoms with van der Waals surface area (Å²) >= 11 is 0. The molecule has 0 aliphatic rings. The van der Waals surface area contributed by atoms with Crippen molar-refractivity contribution in [2.24, 2.45) is 7.05 Å². The van der Waals surface area contributed by atoms with Gasteiger partial charge in [0.1, 0.15) is 17.3 Å². The number of nitrogen functional groups attached to an aromatic ring is 1. The van der Waals surface area contributed by atoms with Crippen LogP contribution in [0.1, 0.15) is 0 Å². The monoisotopic (exact) mass is 219 g/mol. The number of phenolic OH excluding ortho intramolecular Hbond substituents is 1. The zero-order valence-corrected chi connectivity index (χ0v) is 9.14. The number of hydrogen-bond acceptors (Lipinski definition) is 4. The summed E-state index contributed by atoms with van der Waals surface area (Å²) in [5.74, 6) is 1.32. The molecule has 1 heterocycles. The minimum Gasteiger partial charge on any atom is -0.507 e. The van der Waals surface area contributed by atoms with Gasteiger partial charge in [0, 0.05) is 18.2 Å². The maximum Gasteiger partial charge on any atom is 0.129 e. The lowest BCUT2D eigenvalue weighted by Gasteiger charge is -2.06. The molecule has 0 aliphatic carbocycles. The lowest BCUT2D eigenvalue weighted by molar-refractivity contribution is 0.412. The Bertz CT molecular complexity index is 520. The summed E-state index contributed by atoms with van der Waals surface area (Å²) in [6, 6.07) is 4.98. The molecule has 3 N–H and O–H groups in total. The van der Waals surface area contributed by atoms with Gasteiger partial charge >= 0.3 is 0 Å². The highest BCUT2D eigenvalue weighted by molar-refractivity contribution is 5.78. The van der Waals surface area contributed by atoms with Crippen LogP contribution in [-0.2, 0) is 7.05 Å². The normalized spacial score (nSPS) is 10.4. The first-order valence-corrected chi connectivity index (χ1v) is 4.78. The van der Waals surface area contributed by atoms with E-state index in [1.165, 1.54) is 0 Å². The van der Waals surface area contributed by atoms with Gasteiger partial charge in [-0.2, -0.15) is 5.10 Å². The molecule has 5 heteroatoms. The van der Waals surface area contributed by atoms with Crippen molar-refractivity contribution < 1.29 is 9.84 Å². The topological polar surface area (TPSA) is 73.3 Å². The Morgan fingerprint density at radius 2 is 2.12 bits per heavy atom. The molecule has 2 rings (SSSR count). The van der Waals surface area contributed by atoms with E-state index in [9.17, 15) is 5.11 Å². The lowest BCUT2D eigenvalue weighted by Crippen LogP contribution is -1.98. The number of nitrogens with two attached hydrogens (primary N) is 1. The van der Waals surface area contributed by atoms with Crippen molar-refractivity contribution in [3.63, 3.8) is 0 Å². The number of aromatic nitrogens is 2. The molecule has 16 heavy (non-hydrogen) atoms. The van der Waals surface area contributed by atoms with E-state index in [1.54, 1.807) is 43.2 Å². The molecule has 0 radical (unpaired) electrons. The first-order valence-electron chi connectivity index (χ1n) is 4.78. The van der Waals surface area contributed by atoms with Gasteiger partial charge in [0.15, 0.2) is 0 Å². The van der Waals surface area contributed by atoms with Gasteiger partial charge in [0.05, 0.1) is 13.3 Å². The van der Waals surface area contributed by atoms with Crippen LogP contribution in [0.5, 0.6) is 11.5 Å². The molecule has 5 nitrogen and oxygen atoms in total. The summed E-state index contributed by atoms with van der Waals surface area (Å²) in [4.78, 5) is 0. The number of ether oxygens (including phenoxy) is 1. The van der Waals surface area contributed by atoms with E-state index in [4.69, 9.17) is 10.5 Å². The van der Waals surface area contributed by atoms with Crippen LogP contribution in [0.25, 0.3) is 11.1 Å². The molecule has 0 fully saturated rings. The van der Waals surface area contributed by atoms with E-state index in [1.807, 2.05) is 0 Å². The summed E-state index contributed by atoms with van der Waals surface area (Å²) in [6.07, 6.45) is 1.61. The molecule has 0 amide bonds. The van der Waals surface area contributed by atoms with Crippen molar-refractivity contribution in [2.75, 3.05) is 12.8 Å². The number of aryl methyl sites for hydroxylation is 1. The second-order valence-electron chi connectivity index (χ2n) is 3.45. The molecule has 1 aromatic heterocycles. The molecular weight excluding hydrogens is 206 g/mol. The Labute approximate surface area is 93.1 Å². The van der Waals surface area contributed by atoms with Crippen molar-refractivity contribution in [1.82, 2.24) is 9.78 Å². The van der Waals surface area contributed by atoms with Gasteiger partial charge in [-0.3, -0.25) is 4.68 Å². The maximum atomic E-state index is 9.77. The van der Waals surface area contributed by atoms with E-state index in [2.05, 4.69) is 5.10 Å². The van der Waals surface area contributed by atoms with Crippen molar-refractivity contribution in [3.05, 3.63) is 24.4 Å². The highest BCUT2D eigenvalue weighted by Crippen LogP contribution is 2.35. The number of anilines is 1. The van der Waals surface area contributed by atoms with Gasteiger partial charge in [-0.25, -0.2) is 0 Å². The number of phenols is 1. The lowest BCUT2D eigenvalue weighted by atomic mass is 10.1. The Hall–Kier alpha value is -2.17. The first kappa shape index (κ1) is 10.4. The molecule has 0 atom stereocenters. The molecule has 1 aromatic carbocycles. The Balaban J connectivity index is 2.59. The number of methoxy groups -OCH3 is 1. The second-order valence-corrected chi connectivity index (χ2v) is 3.45.